The van der Waals surface area contributed by atoms with Gasteiger partial charge in [-0.05, 0) is 70.6 Å². The van der Waals surface area contributed by atoms with Crippen LogP contribution >= 0.6 is 0 Å². The quantitative estimate of drug-likeness (QED) is 0.0483. The van der Waals surface area contributed by atoms with Crippen LogP contribution in [0.5, 0.6) is 0 Å². The first-order valence-corrected chi connectivity index (χ1v) is 19.5. The van der Waals surface area contributed by atoms with E-state index in [2.05, 4.69) is 67.8 Å². The van der Waals surface area contributed by atoms with Gasteiger partial charge in [0.2, 0.25) is 5.91 Å². The molecule has 0 heterocycles. The Morgan fingerprint density at radius 1 is 0.522 bits per heavy atom. The van der Waals surface area contributed by atoms with E-state index in [0.717, 1.165) is 57.8 Å². The summed E-state index contributed by atoms with van der Waals surface area (Å²) in [6.07, 6.45) is 51.6. The van der Waals surface area contributed by atoms with Gasteiger partial charge in [-0.15, -0.1) is 0 Å². The second-order valence-electron chi connectivity index (χ2n) is 13.0. The van der Waals surface area contributed by atoms with E-state index in [9.17, 15) is 15.0 Å². The normalized spacial score (nSPS) is 13.7. The number of amides is 1. The van der Waals surface area contributed by atoms with Crippen LogP contribution < -0.4 is 5.32 Å². The summed E-state index contributed by atoms with van der Waals surface area (Å²) < 4.78 is 0. The number of hydrogen-bond acceptors (Lipinski definition) is 3. The molecule has 0 fully saturated rings. The first kappa shape index (κ1) is 44.1. The van der Waals surface area contributed by atoms with Crippen LogP contribution in [0.25, 0.3) is 0 Å². The van der Waals surface area contributed by atoms with E-state index < -0.39 is 12.1 Å². The summed E-state index contributed by atoms with van der Waals surface area (Å²) in [6, 6.07) is -0.647. The summed E-state index contributed by atoms with van der Waals surface area (Å²) in [6.45, 7) is 4.24. The predicted octanol–water partition coefficient (Wildman–Crippen LogP) is 11.8. The predicted molar refractivity (Wildman–Crippen MR) is 202 cm³/mol. The fourth-order valence-electron chi connectivity index (χ4n) is 5.43. The molecule has 0 spiro atoms. The van der Waals surface area contributed by atoms with Gasteiger partial charge < -0.3 is 15.5 Å². The van der Waals surface area contributed by atoms with Gasteiger partial charge in [-0.3, -0.25) is 4.79 Å². The van der Waals surface area contributed by atoms with E-state index in [1.165, 1.54) is 103 Å². The summed E-state index contributed by atoms with van der Waals surface area (Å²) in [4.78, 5) is 12.3. The lowest BCUT2D eigenvalue weighted by Gasteiger charge is -2.19. The van der Waals surface area contributed by atoms with Crippen LogP contribution in [-0.4, -0.2) is 34.9 Å². The van der Waals surface area contributed by atoms with Gasteiger partial charge in [0.1, 0.15) is 0 Å². The molecule has 4 nitrogen and oxygen atoms in total. The van der Waals surface area contributed by atoms with Gasteiger partial charge in [-0.2, -0.15) is 0 Å². The third-order valence-electron chi connectivity index (χ3n) is 8.47. The number of carbonyl (C=O) groups is 1. The van der Waals surface area contributed by atoms with E-state index in [4.69, 9.17) is 0 Å². The minimum absolute atomic E-state index is 0.0897. The van der Waals surface area contributed by atoms with Crippen LogP contribution in [0.15, 0.2) is 60.8 Å². The van der Waals surface area contributed by atoms with Crippen molar-refractivity contribution in [2.45, 2.75) is 193 Å². The number of hydrogen-bond donors (Lipinski definition) is 3. The van der Waals surface area contributed by atoms with Crippen molar-refractivity contribution in [1.29, 1.82) is 0 Å². The van der Waals surface area contributed by atoms with Crippen LogP contribution in [0.3, 0.4) is 0 Å². The van der Waals surface area contributed by atoms with E-state index in [0.29, 0.717) is 6.42 Å². The summed E-state index contributed by atoms with van der Waals surface area (Å²) in [5.41, 5.74) is 0. The highest BCUT2D eigenvalue weighted by atomic mass is 16.3. The zero-order valence-electron chi connectivity index (χ0n) is 30.3. The van der Waals surface area contributed by atoms with Crippen molar-refractivity contribution < 1.29 is 15.0 Å². The van der Waals surface area contributed by atoms with E-state index >= 15 is 0 Å². The van der Waals surface area contributed by atoms with Gasteiger partial charge in [0.05, 0.1) is 18.8 Å². The highest BCUT2D eigenvalue weighted by Crippen LogP contribution is 2.12. The van der Waals surface area contributed by atoms with Crippen LogP contribution in [0.4, 0.5) is 0 Å². The van der Waals surface area contributed by atoms with Gasteiger partial charge in [0, 0.05) is 6.42 Å². The molecule has 1 amide bonds. The number of aliphatic hydroxyl groups excluding tert-OH is 2. The largest absolute Gasteiger partial charge is 0.394 e. The average Bonchev–Trinajstić information content (AvgIpc) is 3.06. The molecular weight excluding hydrogens is 566 g/mol. The second-order valence-corrected chi connectivity index (χ2v) is 13.0. The van der Waals surface area contributed by atoms with Crippen molar-refractivity contribution in [1.82, 2.24) is 5.32 Å². The Kier molecular flexibility index (Phi) is 36.0. The standard InChI is InChI=1S/C42H75NO3/c1-3-5-7-9-11-13-15-17-19-20-21-22-24-26-28-30-32-34-36-38-42(46)43-40(39-44)41(45)37-35-33-31-29-27-25-23-18-16-14-12-10-8-6-4-2/h11,13,17,19,21-22,27,29,35,37,40-41,44-45H,3-10,12,14-16,18,20,23-26,28,30-34,36,38-39H2,1-2H3,(H,43,46)/b13-11-,19-17-,22-21-,29-27+,37-35+. The average molecular weight is 642 g/mol. The number of nitrogens with one attached hydrogen (secondary N) is 1. The molecule has 0 radical (unpaired) electrons. The minimum atomic E-state index is -0.868. The Balaban J connectivity index is 3.71. The van der Waals surface area contributed by atoms with Gasteiger partial charge in [0.25, 0.3) is 0 Å². The highest BCUT2D eigenvalue weighted by Gasteiger charge is 2.17. The number of allylic oxidation sites excluding steroid dienone is 9. The summed E-state index contributed by atoms with van der Waals surface area (Å²) in [5.74, 6) is -0.0897. The van der Waals surface area contributed by atoms with Crippen molar-refractivity contribution >= 4 is 5.91 Å². The maximum Gasteiger partial charge on any atom is 0.220 e. The Bertz CT molecular complexity index is 782. The molecule has 0 aliphatic rings. The first-order chi connectivity index (χ1) is 22.7. The fourth-order valence-corrected chi connectivity index (χ4v) is 5.43. The molecular formula is C42H75NO3. The number of carbonyl (C=O) groups excluding carboxylic acids is 1. The van der Waals surface area contributed by atoms with E-state index in [1.807, 2.05) is 6.08 Å². The Morgan fingerprint density at radius 2 is 0.913 bits per heavy atom. The molecule has 4 heteroatoms. The van der Waals surface area contributed by atoms with Gasteiger partial charge in [0.15, 0.2) is 0 Å². The SMILES string of the molecule is CCCCC/C=C\C/C=C\C/C=C\CCCCCCCCC(=O)NC(CO)C(O)/C=C/CC/C=C/CCCCCCCCCCC. The lowest BCUT2D eigenvalue weighted by Crippen LogP contribution is -2.45. The molecule has 266 valence electrons. The molecule has 46 heavy (non-hydrogen) atoms. The Labute approximate surface area is 286 Å². The van der Waals surface area contributed by atoms with Crippen molar-refractivity contribution in [3.8, 4) is 0 Å². The molecule has 2 unspecified atom stereocenters. The molecule has 0 saturated heterocycles. The molecule has 0 aromatic heterocycles. The summed E-state index contributed by atoms with van der Waals surface area (Å²) >= 11 is 0. The zero-order valence-corrected chi connectivity index (χ0v) is 30.3. The third kappa shape index (κ3) is 33.5. The molecule has 0 aromatic rings. The van der Waals surface area contributed by atoms with Crippen LogP contribution in [0.1, 0.15) is 181 Å². The Morgan fingerprint density at radius 3 is 1.46 bits per heavy atom. The highest BCUT2D eigenvalue weighted by molar-refractivity contribution is 5.76. The zero-order chi connectivity index (χ0) is 33.6. The van der Waals surface area contributed by atoms with Crippen molar-refractivity contribution in [3.63, 3.8) is 0 Å². The molecule has 0 bridgehead atoms. The minimum Gasteiger partial charge on any atom is -0.394 e. The summed E-state index contributed by atoms with van der Waals surface area (Å²) in [7, 11) is 0. The van der Waals surface area contributed by atoms with Gasteiger partial charge in [-0.1, -0.05) is 164 Å². The lowest BCUT2D eigenvalue weighted by molar-refractivity contribution is -0.123. The Hall–Kier alpha value is -1.91. The monoisotopic (exact) mass is 642 g/mol. The van der Waals surface area contributed by atoms with Gasteiger partial charge in [-0.25, -0.2) is 0 Å². The maximum absolute atomic E-state index is 12.3. The van der Waals surface area contributed by atoms with E-state index in [-0.39, 0.29) is 12.5 Å². The molecule has 0 aromatic carbocycles. The third-order valence-corrected chi connectivity index (χ3v) is 8.47. The molecule has 0 saturated carbocycles. The molecule has 2 atom stereocenters. The molecule has 0 aliphatic heterocycles. The smallest absolute Gasteiger partial charge is 0.220 e. The van der Waals surface area contributed by atoms with Crippen LogP contribution in [0.2, 0.25) is 0 Å². The maximum atomic E-state index is 12.3. The summed E-state index contributed by atoms with van der Waals surface area (Å²) in [5, 5.41) is 22.9. The fraction of sp³-hybridized carbons (Fsp3) is 0.738. The number of aliphatic hydroxyl groups is 2. The van der Waals surface area contributed by atoms with Crippen molar-refractivity contribution in [2.24, 2.45) is 0 Å². The molecule has 3 N–H and O–H groups in total. The van der Waals surface area contributed by atoms with Crippen LogP contribution in [-0.2, 0) is 4.79 Å². The van der Waals surface area contributed by atoms with E-state index in [1.54, 1.807) is 6.08 Å². The first-order valence-electron chi connectivity index (χ1n) is 19.5. The lowest BCUT2D eigenvalue weighted by atomic mass is 10.1. The second kappa shape index (κ2) is 37.5. The topological polar surface area (TPSA) is 69.6 Å². The van der Waals surface area contributed by atoms with Gasteiger partial charge >= 0.3 is 0 Å². The van der Waals surface area contributed by atoms with Crippen molar-refractivity contribution in [2.75, 3.05) is 6.61 Å². The number of rotatable bonds is 34. The molecule has 0 rings (SSSR count). The molecule has 0 aliphatic carbocycles. The number of unbranched alkanes of at least 4 members (excludes halogenated alkanes) is 19. The van der Waals surface area contributed by atoms with Crippen LogP contribution in [0, 0.1) is 0 Å². The van der Waals surface area contributed by atoms with Crippen molar-refractivity contribution in [3.05, 3.63) is 60.8 Å².